The second kappa shape index (κ2) is 9.17. The van der Waals surface area contributed by atoms with Crippen LogP contribution in [0.2, 0.25) is 0 Å². The number of piperidine rings is 1. The maximum atomic E-state index is 13.9. The Bertz CT molecular complexity index is 1190. The molecule has 0 spiro atoms. The molecule has 2 N–H and O–H groups in total. The lowest BCUT2D eigenvalue weighted by molar-refractivity contribution is 0.387. The SMILES string of the molecule is COc1cc(-c2nc3sccn3c2-c2ccnc(NC3CCCNC3)n2)ccc1F.Cl. The number of methoxy groups -OCH3 is 1. The van der Waals surface area contributed by atoms with Crippen LogP contribution in [0.25, 0.3) is 27.6 Å². The van der Waals surface area contributed by atoms with E-state index in [1.54, 1.807) is 18.3 Å². The Kier molecular flexibility index (Phi) is 6.35. The molecule has 1 fully saturated rings. The van der Waals surface area contributed by atoms with E-state index in [9.17, 15) is 4.39 Å². The summed E-state index contributed by atoms with van der Waals surface area (Å²) in [6.45, 7) is 1.95. The predicted molar refractivity (Wildman–Crippen MR) is 123 cm³/mol. The number of halogens is 2. The van der Waals surface area contributed by atoms with E-state index in [1.165, 1.54) is 24.5 Å². The molecule has 0 saturated carbocycles. The summed E-state index contributed by atoms with van der Waals surface area (Å²) in [6, 6.07) is 6.95. The molecule has 4 heterocycles. The minimum Gasteiger partial charge on any atom is -0.494 e. The minimum absolute atomic E-state index is 0. The zero-order valence-electron chi connectivity index (χ0n) is 16.8. The van der Waals surface area contributed by atoms with Crippen LogP contribution in [-0.2, 0) is 0 Å². The van der Waals surface area contributed by atoms with Gasteiger partial charge in [0.05, 0.1) is 18.5 Å². The summed E-state index contributed by atoms with van der Waals surface area (Å²) in [7, 11) is 1.46. The topological polar surface area (TPSA) is 76.4 Å². The molecule has 31 heavy (non-hydrogen) atoms. The van der Waals surface area contributed by atoms with Gasteiger partial charge in [0.1, 0.15) is 5.69 Å². The molecular formula is C21H22ClFN6OS. The maximum absolute atomic E-state index is 13.9. The molecule has 1 unspecified atom stereocenters. The van der Waals surface area contributed by atoms with Crippen LogP contribution in [-0.4, -0.2) is 45.6 Å². The number of rotatable bonds is 5. The number of nitrogens with zero attached hydrogens (tertiary/aromatic N) is 4. The van der Waals surface area contributed by atoms with Gasteiger partial charge in [-0.05, 0) is 43.7 Å². The van der Waals surface area contributed by atoms with Crippen molar-refractivity contribution in [1.29, 1.82) is 0 Å². The quantitative estimate of drug-likeness (QED) is 0.463. The lowest BCUT2D eigenvalue weighted by Gasteiger charge is -2.23. The molecule has 1 aliphatic heterocycles. The van der Waals surface area contributed by atoms with Crippen molar-refractivity contribution in [2.45, 2.75) is 18.9 Å². The average molecular weight is 461 g/mol. The molecule has 10 heteroatoms. The van der Waals surface area contributed by atoms with Gasteiger partial charge < -0.3 is 15.4 Å². The van der Waals surface area contributed by atoms with Crippen molar-refractivity contribution in [2.24, 2.45) is 0 Å². The molecule has 0 aliphatic carbocycles. The first-order valence-corrected chi connectivity index (χ1v) is 10.7. The van der Waals surface area contributed by atoms with E-state index in [4.69, 9.17) is 14.7 Å². The van der Waals surface area contributed by atoms with Crippen LogP contribution >= 0.6 is 23.7 Å². The van der Waals surface area contributed by atoms with Gasteiger partial charge in [0.15, 0.2) is 16.5 Å². The fourth-order valence-corrected chi connectivity index (χ4v) is 4.47. The van der Waals surface area contributed by atoms with Crippen molar-refractivity contribution in [3.05, 3.63) is 47.9 Å². The Labute approximate surface area is 189 Å². The van der Waals surface area contributed by atoms with E-state index in [0.717, 1.165) is 53.5 Å². The highest BCUT2D eigenvalue weighted by atomic mass is 35.5. The van der Waals surface area contributed by atoms with E-state index in [1.807, 2.05) is 22.0 Å². The average Bonchev–Trinajstić information content (AvgIpc) is 3.36. The van der Waals surface area contributed by atoms with E-state index in [0.29, 0.717) is 12.0 Å². The highest BCUT2D eigenvalue weighted by Crippen LogP contribution is 2.35. The molecule has 0 radical (unpaired) electrons. The number of nitrogens with one attached hydrogen (secondary N) is 2. The monoisotopic (exact) mass is 460 g/mol. The lowest BCUT2D eigenvalue weighted by Crippen LogP contribution is -2.38. The number of ether oxygens (including phenoxy) is 1. The number of hydrogen-bond donors (Lipinski definition) is 2. The first-order valence-electron chi connectivity index (χ1n) is 9.83. The summed E-state index contributed by atoms with van der Waals surface area (Å²) >= 11 is 1.54. The Morgan fingerprint density at radius 2 is 2.19 bits per heavy atom. The van der Waals surface area contributed by atoms with E-state index < -0.39 is 5.82 Å². The van der Waals surface area contributed by atoms with Crippen molar-refractivity contribution in [3.63, 3.8) is 0 Å². The summed E-state index contributed by atoms with van der Waals surface area (Å²) in [5.74, 6) is 0.372. The first kappa shape index (κ1) is 21.5. The van der Waals surface area contributed by atoms with Gasteiger partial charge in [0.2, 0.25) is 5.95 Å². The van der Waals surface area contributed by atoms with Crippen molar-refractivity contribution >= 4 is 34.7 Å². The molecule has 3 aromatic heterocycles. The number of hydrogen-bond acceptors (Lipinski definition) is 7. The number of anilines is 1. The molecule has 162 valence electrons. The Hall–Kier alpha value is -2.75. The Morgan fingerprint density at radius 3 is 3.00 bits per heavy atom. The van der Waals surface area contributed by atoms with Crippen LogP contribution in [0.4, 0.5) is 10.3 Å². The first-order chi connectivity index (χ1) is 14.7. The summed E-state index contributed by atoms with van der Waals surface area (Å²) in [4.78, 5) is 14.8. The summed E-state index contributed by atoms with van der Waals surface area (Å²) in [5, 5.41) is 8.80. The molecule has 1 aromatic carbocycles. The van der Waals surface area contributed by atoms with Gasteiger partial charge in [-0.25, -0.2) is 19.3 Å². The van der Waals surface area contributed by atoms with Gasteiger partial charge in [-0.1, -0.05) is 0 Å². The smallest absolute Gasteiger partial charge is 0.223 e. The van der Waals surface area contributed by atoms with Crippen molar-refractivity contribution in [1.82, 2.24) is 24.7 Å². The van der Waals surface area contributed by atoms with Gasteiger partial charge in [-0.2, -0.15) is 0 Å². The third kappa shape index (κ3) is 4.21. The zero-order chi connectivity index (χ0) is 20.5. The van der Waals surface area contributed by atoms with Crippen molar-refractivity contribution in [3.8, 4) is 28.4 Å². The van der Waals surface area contributed by atoms with E-state index in [-0.39, 0.29) is 18.2 Å². The maximum Gasteiger partial charge on any atom is 0.223 e. The molecule has 1 aliphatic rings. The van der Waals surface area contributed by atoms with E-state index in [2.05, 4.69) is 15.6 Å². The molecule has 5 rings (SSSR count). The summed E-state index contributed by atoms with van der Waals surface area (Å²) < 4.78 is 21.1. The third-order valence-electron chi connectivity index (χ3n) is 5.21. The van der Waals surface area contributed by atoms with Gasteiger partial charge >= 0.3 is 0 Å². The third-order valence-corrected chi connectivity index (χ3v) is 5.97. The molecule has 4 aromatic rings. The second-order valence-corrected chi connectivity index (χ2v) is 8.04. The highest BCUT2D eigenvalue weighted by molar-refractivity contribution is 7.15. The van der Waals surface area contributed by atoms with Gasteiger partial charge in [0, 0.05) is 35.9 Å². The lowest BCUT2D eigenvalue weighted by atomic mass is 10.1. The second-order valence-electron chi connectivity index (χ2n) is 7.17. The molecule has 0 bridgehead atoms. The highest BCUT2D eigenvalue weighted by Gasteiger charge is 2.20. The van der Waals surface area contributed by atoms with Crippen LogP contribution in [0.5, 0.6) is 5.75 Å². The van der Waals surface area contributed by atoms with Crippen LogP contribution < -0.4 is 15.4 Å². The molecule has 7 nitrogen and oxygen atoms in total. The van der Waals surface area contributed by atoms with Crippen molar-refractivity contribution < 1.29 is 9.13 Å². The molecule has 1 saturated heterocycles. The summed E-state index contributed by atoms with van der Waals surface area (Å²) in [5.41, 5.74) is 3.08. The normalized spacial score (nSPS) is 16.1. The number of aromatic nitrogens is 4. The molecule has 0 amide bonds. The standard InChI is InChI=1S/C21H21FN6OS.ClH/c1-29-17-11-13(4-5-15(17)22)18-19(28-9-10-30-21(28)27-18)16-6-8-24-20(26-16)25-14-3-2-7-23-12-14;/h4-6,8-11,14,23H,2-3,7,12H2,1H3,(H,24,25,26);1H. The minimum atomic E-state index is -0.404. The van der Waals surface area contributed by atoms with Crippen LogP contribution in [0, 0.1) is 5.82 Å². The van der Waals surface area contributed by atoms with Gasteiger partial charge in [-0.3, -0.25) is 4.40 Å². The molecular weight excluding hydrogens is 439 g/mol. The fourth-order valence-electron chi connectivity index (χ4n) is 3.76. The predicted octanol–water partition coefficient (Wildman–Crippen LogP) is 4.25. The number of thiazole rings is 1. The Morgan fingerprint density at radius 1 is 1.29 bits per heavy atom. The zero-order valence-corrected chi connectivity index (χ0v) is 18.5. The fraction of sp³-hybridized carbons (Fsp3) is 0.286. The van der Waals surface area contributed by atoms with Crippen LogP contribution in [0.1, 0.15) is 12.8 Å². The number of fused-ring (bicyclic) bond motifs is 1. The number of imidazole rings is 1. The van der Waals surface area contributed by atoms with Crippen LogP contribution in [0.3, 0.4) is 0 Å². The number of benzene rings is 1. The van der Waals surface area contributed by atoms with Gasteiger partial charge in [-0.15, -0.1) is 23.7 Å². The summed E-state index contributed by atoms with van der Waals surface area (Å²) in [6.07, 6.45) is 5.93. The van der Waals surface area contributed by atoms with Crippen molar-refractivity contribution in [2.75, 3.05) is 25.5 Å². The van der Waals surface area contributed by atoms with Gasteiger partial charge in [0.25, 0.3) is 0 Å². The largest absolute Gasteiger partial charge is 0.494 e. The van der Waals surface area contributed by atoms with E-state index >= 15 is 0 Å². The Balaban J connectivity index is 0.00000231. The molecule has 1 atom stereocenters. The van der Waals surface area contributed by atoms with Crippen LogP contribution in [0.15, 0.2) is 42.0 Å².